The number of likely N-dealkylation sites (tertiary alicyclic amines) is 1. The lowest BCUT2D eigenvalue weighted by molar-refractivity contribution is -0.123. The molecule has 0 spiro atoms. The Balaban J connectivity index is 1.60. The van der Waals surface area contributed by atoms with Gasteiger partial charge in [0.2, 0.25) is 5.91 Å². The summed E-state index contributed by atoms with van der Waals surface area (Å²) in [6, 6.07) is 10.3. The summed E-state index contributed by atoms with van der Waals surface area (Å²) in [5, 5.41) is 4.12. The van der Waals surface area contributed by atoms with Crippen molar-refractivity contribution in [1.29, 1.82) is 0 Å². The highest BCUT2D eigenvalue weighted by molar-refractivity contribution is 5.80. The lowest BCUT2D eigenvalue weighted by Crippen LogP contribution is -2.44. The minimum Gasteiger partial charge on any atom is -0.459 e. The summed E-state index contributed by atoms with van der Waals surface area (Å²) in [6.07, 6.45) is 3.65. The molecule has 0 radical (unpaired) electrons. The molecule has 0 saturated carbocycles. The van der Waals surface area contributed by atoms with E-state index in [1.807, 2.05) is 37.3 Å². The van der Waals surface area contributed by atoms with Crippen LogP contribution in [0.1, 0.15) is 44.9 Å². The van der Waals surface area contributed by atoms with Crippen LogP contribution in [0.15, 0.2) is 34.7 Å². The van der Waals surface area contributed by atoms with E-state index in [1.165, 1.54) is 19.3 Å². The number of furan rings is 1. The summed E-state index contributed by atoms with van der Waals surface area (Å²) in [4.78, 5) is 14.5. The number of nitrogens with zero attached hydrogens (tertiary/aromatic N) is 1. The molecule has 1 aliphatic rings. The first-order valence-electron chi connectivity index (χ1n) is 8.15. The van der Waals surface area contributed by atoms with Crippen molar-refractivity contribution in [3.05, 3.63) is 36.1 Å². The van der Waals surface area contributed by atoms with Gasteiger partial charge in [-0.25, -0.2) is 0 Å². The average Bonchev–Trinajstić information content (AvgIpc) is 2.93. The van der Waals surface area contributed by atoms with Crippen molar-refractivity contribution in [2.24, 2.45) is 0 Å². The van der Waals surface area contributed by atoms with Crippen LogP contribution >= 0.6 is 0 Å². The molecule has 2 heterocycles. The Kier molecular flexibility index (Phi) is 4.48. The van der Waals surface area contributed by atoms with Crippen molar-refractivity contribution in [3.63, 3.8) is 0 Å². The number of piperidine rings is 1. The standard InChI is InChI=1S/C18H24N2O2/c1-13-7-5-6-10-20(13)12-18(21)19-14(2)17-11-15-8-3-4-9-16(15)22-17/h3-4,8-9,11,13-14H,5-7,10,12H2,1-2H3,(H,19,21)/t13-,14+/m1/s1. The highest BCUT2D eigenvalue weighted by Gasteiger charge is 2.22. The summed E-state index contributed by atoms with van der Waals surface area (Å²) < 4.78 is 5.81. The summed E-state index contributed by atoms with van der Waals surface area (Å²) in [5.41, 5.74) is 0.864. The summed E-state index contributed by atoms with van der Waals surface area (Å²) in [7, 11) is 0. The van der Waals surface area contributed by atoms with Crippen molar-refractivity contribution in [1.82, 2.24) is 10.2 Å². The molecular weight excluding hydrogens is 276 g/mol. The van der Waals surface area contributed by atoms with Crippen LogP contribution in [-0.2, 0) is 4.79 Å². The molecule has 3 rings (SSSR count). The average molecular weight is 300 g/mol. The van der Waals surface area contributed by atoms with Crippen molar-refractivity contribution < 1.29 is 9.21 Å². The van der Waals surface area contributed by atoms with Gasteiger partial charge in [-0.2, -0.15) is 0 Å². The second-order valence-corrected chi connectivity index (χ2v) is 6.29. The van der Waals surface area contributed by atoms with E-state index < -0.39 is 0 Å². The van der Waals surface area contributed by atoms with Gasteiger partial charge in [-0.15, -0.1) is 0 Å². The molecule has 1 aromatic carbocycles. The van der Waals surface area contributed by atoms with Crippen LogP contribution in [0.4, 0.5) is 0 Å². The fraction of sp³-hybridized carbons (Fsp3) is 0.500. The van der Waals surface area contributed by atoms with Gasteiger partial charge in [-0.05, 0) is 45.4 Å². The Bertz CT molecular complexity index is 616. The van der Waals surface area contributed by atoms with Crippen molar-refractivity contribution in [2.75, 3.05) is 13.1 Å². The Labute approximate surface area is 131 Å². The quantitative estimate of drug-likeness (QED) is 0.940. The summed E-state index contributed by atoms with van der Waals surface area (Å²) in [6.45, 7) is 5.67. The fourth-order valence-electron chi connectivity index (χ4n) is 3.15. The molecule has 0 aliphatic carbocycles. The third kappa shape index (κ3) is 3.33. The highest BCUT2D eigenvalue weighted by atomic mass is 16.3. The Hall–Kier alpha value is -1.81. The number of carbonyl (C=O) groups excluding carboxylic acids is 1. The minimum atomic E-state index is -0.111. The predicted molar refractivity (Wildman–Crippen MR) is 87.7 cm³/mol. The maximum atomic E-state index is 12.3. The SMILES string of the molecule is C[C@H](NC(=O)CN1CCCC[C@H]1C)c1cc2ccccc2o1. The number of benzene rings is 1. The normalized spacial score (nSPS) is 20.9. The van der Waals surface area contributed by atoms with E-state index in [0.717, 1.165) is 23.3 Å². The number of carbonyl (C=O) groups is 1. The number of nitrogens with one attached hydrogen (secondary N) is 1. The van der Waals surface area contributed by atoms with Crippen molar-refractivity contribution in [2.45, 2.75) is 45.2 Å². The van der Waals surface area contributed by atoms with Gasteiger partial charge < -0.3 is 9.73 Å². The van der Waals surface area contributed by atoms with Crippen molar-refractivity contribution >= 4 is 16.9 Å². The zero-order valence-corrected chi connectivity index (χ0v) is 13.3. The minimum absolute atomic E-state index is 0.0710. The van der Waals surface area contributed by atoms with Crippen molar-refractivity contribution in [3.8, 4) is 0 Å². The number of hydrogen-bond donors (Lipinski definition) is 1. The molecule has 0 unspecified atom stereocenters. The molecule has 4 nitrogen and oxygen atoms in total. The number of fused-ring (bicyclic) bond motifs is 1. The second-order valence-electron chi connectivity index (χ2n) is 6.29. The number of hydrogen-bond acceptors (Lipinski definition) is 3. The summed E-state index contributed by atoms with van der Waals surface area (Å²) >= 11 is 0. The molecule has 1 amide bonds. The van der Waals surface area contributed by atoms with Crippen LogP contribution in [0.3, 0.4) is 0 Å². The fourth-order valence-corrected chi connectivity index (χ4v) is 3.15. The van der Waals surface area contributed by atoms with Crippen LogP contribution in [0.5, 0.6) is 0 Å². The van der Waals surface area contributed by atoms with Crippen LogP contribution in [0.2, 0.25) is 0 Å². The third-order valence-electron chi connectivity index (χ3n) is 4.54. The van der Waals surface area contributed by atoms with E-state index in [4.69, 9.17) is 4.42 Å². The van der Waals surface area contributed by atoms with Crippen LogP contribution in [0, 0.1) is 0 Å². The highest BCUT2D eigenvalue weighted by Crippen LogP contribution is 2.23. The maximum Gasteiger partial charge on any atom is 0.234 e. The largest absolute Gasteiger partial charge is 0.459 e. The molecule has 118 valence electrons. The lowest BCUT2D eigenvalue weighted by atomic mass is 10.0. The van der Waals surface area contributed by atoms with Gasteiger partial charge in [0.15, 0.2) is 0 Å². The first-order chi connectivity index (χ1) is 10.6. The van der Waals surface area contributed by atoms with Gasteiger partial charge in [0.25, 0.3) is 0 Å². The van der Waals surface area contributed by atoms with Gasteiger partial charge >= 0.3 is 0 Å². The third-order valence-corrected chi connectivity index (χ3v) is 4.54. The zero-order chi connectivity index (χ0) is 15.5. The second kappa shape index (κ2) is 6.53. The molecule has 2 atom stereocenters. The van der Waals surface area contributed by atoms with E-state index >= 15 is 0 Å². The van der Waals surface area contributed by atoms with Gasteiger partial charge in [0, 0.05) is 11.4 Å². The van der Waals surface area contributed by atoms with Gasteiger partial charge in [0.1, 0.15) is 11.3 Å². The van der Waals surface area contributed by atoms with Gasteiger partial charge in [-0.3, -0.25) is 9.69 Å². The first-order valence-corrected chi connectivity index (χ1v) is 8.15. The van der Waals surface area contributed by atoms with E-state index in [-0.39, 0.29) is 11.9 Å². The molecule has 1 N–H and O–H groups in total. The Morgan fingerprint density at radius 1 is 1.41 bits per heavy atom. The first kappa shape index (κ1) is 15.1. The number of amides is 1. The number of rotatable bonds is 4. The van der Waals surface area contributed by atoms with Crippen LogP contribution in [-0.4, -0.2) is 29.9 Å². The monoisotopic (exact) mass is 300 g/mol. The van der Waals surface area contributed by atoms with E-state index in [1.54, 1.807) is 0 Å². The molecule has 1 aromatic heterocycles. The molecule has 2 aromatic rings. The Morgan fingerprint density at radius 2 is 2.23 bits per heavy atom. The van der Waals surface area contributed by atoms with E-state index in [9.17, 15) is 4.79 Å². The zero-order valence-electron chi connectivity index (χ0n) is 13.3. The smallest absolute Gasteiger partial charge is 0.234 e. The molecule has 1 fully saturated rings. The predicted octanol–water partition coefficient (Wildman–Crippen LogP) is 3.48. The topological polar surface area (TPSA) is 45.5 Å². The van der Waals surface area contributed by atoms with Crippen LogP contribution in [0.25, 0.3) is 11.0 Å². The Morgan fingerprint density at radius 3 is 3.00 bits per heavy atom. The maximum absolute atomic E-state index is 12.3. The van der Waals surface area contributed by atoms with Crippen LogP contribution < -0.4 is 5.32 Å². The molecule has 4 heteroatoms. The molecular formula is C18H24N2O2. The molecule has 22 heavy (non-hydrogen) atoms. The van der Waals surface area contributed by atoms with E-state index in [2.05, 4.69) is 17.1 Å². The van der Waals surface area contributed by atoms with Gasteiger partial charge in [0.05, 0.1) is 12.6 Å². The molecule has 1 saturated heterocycles. The van der Waals surface area contributed by atoms with E-state index in [0.29, 0.717) is 12.6 Å². The number of para-hydroxylation sites is 1. The van der Waals surface area contributed by atoms with Gasteiger partial charge in [-0.1, -0.05) is 24.6 Å². The summed E-state index contributed by atoms with van der Waals surface area (Å²) in [5.74, 6) is 0.878. The lowest BCUT2D eigenvalue weighted by Gasteiger charge is -2.32. The molecule has 0 bridgehead atoms. The molecule has 1 aliphatic heterocycles.